The summed E-state index contributed by atoms with van der Waals surface area (Å²) in [6.07, 6.45) is 2.89. The highest BCUT2D eigenvalue weighted by atomic mass is 79.9. The van der Waals surface area contributed by atoms with Gasteiger partial charge in [0, 0.05) is 6.20 Å². The van der Waals surface area contributed by atoms with Crippen LogP contribution in [-0.2, 0) is 6.54 Å². The highest BCUT2D eigenvalue weighted by Crippen LogP contribution is 2.23. The van der Waals surface area contributed by atoms with E-state index in [1.54, 1.807) is 10.7 Å². The number of benzene rings is 1. The first-order valence-electron chi connectivity index (χ1n) is 5.89. The number of nitrogens with zero attached hydrogens (tertiary/aromatic N) is 3. The summed E-state index contributed by atoms with van der Waals surface area (Å²) in [7, 11) is 0. The van der Waals surface area contributed by atoms with Crippen LogP contribution in [0.5, 0.6) is 0 Å². The molecule has 0 fully saturated rings. The second-order valence-electron chi connectivity index (χ2n) is 4.29. The Morgan fingerprint density at radius 2 is 2.22 bits per heavy atom. The Morgan fingerprint density at radius 3 is 2.89 bits per heavy atom. The molecule has 0 amide bonds. The van der Waals surface area contributed by atoms with E-state index in [2.05, 4.69) is 33.2 Å². The molecule has 0 bridgehead atoms. The van der Waals surface area contributed by atoms with Crippen molar-refractivity contribution in [2.24, 2.45) is 0 Å². The summed E-state index contributed by atoms with van der Waals surface area (Å²) in [6.45, 7) is 4.60. The maximum Gasteiger partial charge on any atom is 0.123 e. The molecule has 1 aromatic heterocycles. The second kappa shape index (κ2) is 5.61. The minimum Gasteiger partial charge on any atom is -0.248 e. The molecule has 1 heterocycles. The zero-order valence-corrected chi connectivity index (χ0v) is 12.0. The Labute approximate surface area is 114 Å². The Balaban J connectivity index is 2.16. The maximum atomic E-state index is 13.0. The molecule has 0 saturated heterocycles. The van der Waals surface area contributed by atoms with Gasteiger partial charge in [0.15, 0.2) is 0 Å². The van der Waals surface area contributed by atoms with E-state index in [9.17, 15) is 4.39 Å². The van der Waals surface area contributed by atoms with Crippen LogP contribution in [0.25, 0.3) is 0 Å². The number of rotatable bonds is 4. The molecule has 0 aliphatic rings. The predicted octanol–water partition coefficient (Wildman–Crippen LogP) is 3.62. The molecule has 3 nitrogen and oxygen atoms in total. The fraction of sp³-hybridized carbons (Fsp3) is 0.385. The molecule has 0 radical (unpaired) electrons. The molecule has 2 aromatic rings. The van der Waals surface area contributed by atoms with Gasteiger partial charge in [-0.3, -0.25) is 0 Å². The summed E-state index contributed by atoms with van der Waals surface area (Å²) in [5, 5.41) is 8.21. The highest BCUT2D eigenvalue weighted by Gasteiger charge is 2.10. The summed E-state index contributed by atoms with van der Waals surface area (Å²) < 4.78 is 14.8. The van der Waals surface area contributed by atoms with Gasteiger partial charge >= 0.3 is 0 Å². The van der Waals surface area contributed by atoms with Crippen molar-refractivity contribution < 1.29 is 4.39 Å². The molecule has 0 aliphatic heterocycles. The summed E-state index contributed by atoms with van der Waals surface area (Å²) in [6, 6.07) is 4.80. The lowest BCUT2D eigenvalue weighted by Crippen LogP contribution is -2.02. The van der Waals surface area contributed by atoms with Crippen molar-refractivity contribution in [1.82, 2.24) is 15.0 Å². The van der Waals surface area contributed by atoms with Crippen LogP contribution in [0.2, 0.25) is 0 Å². The van der Waals surface area contributed by atoms with E-state index in [-0.39, 0.29) is 10.6 Å². The van der Waals surface area contributed by atoms with Crippen molar-refractivity contribution in [2.45, 2.75) is 31.6 Å². The molecule has 0 spiro atoms. The fourth-order valence-electron chi connectivity index (χ4n) is 1.75. The molecule has 0 saturated carbocycles. The van der Waals surface area contributed by atoms with Crippen LogP contribution in [0.15, 0.2) is 24.4 Å². The van der Waals surface area contributed by atoms with Gasteiger partial charge in [-0.05, 0) is 36.6 Å². The summed E-state index contributed by atoms with van der Waals surface area (Å²) >= 11 is 3.54. The van der Waals surface area contributed by atoms with Crippen LogP contribution in [0.3, 0.4) is 0 Å². The number of halogens is 2. The van der Waals surface area contributed by atoms with Gasteiger partial charge in [0.1, 0.15) is 5.82 Å². The van der Waals surface area contributed by atoms with E-state index in [1.165, 1.54) is 12.1 Å². The fourth-order valence-corrected chi connectivity index (χ4v) is 1.96. The topological polar surface area (TPSA) is 30.7 Å². The van der Waals surface area contributed by atoms with E-state index in [0.29, 0.717) is 6.54 Å². The smallest absolute Gasteiger partial charge is 0.123 e. The Bertz CT molecular complexity index is 539. The molecule has 1 unspecified atom stereocenters. The highest BCUT2D eigenvalue weighted by molar-refractivity contribution is 9.09. The number of hydrogen-bond acceptors (Lipinski definition) is 2. The molecule has 1 atom stereocenters. The lowest BCUT2D eigenvalue weighted by molar-refractivity contribution is 0.619. The zero-order chi connectivity index (χ0) is 13.1. The monoisotopic (exact) mass is 311 g/mol. The molecule has 1 aromatic carbocycles. The van der Waals surface area contributed by atoms with Crippen molar-refractivity contribution in [3.63, 3.8) is 0 Å². The third-order valence-electron chi connectivity index (χ3n) is 2.87. The number of alkyl halides is 1. The number of aryl methyl sites for hydroxylation is 1. The molecule has 0 N–H and O–H groups in total. The first kappa shape index (κ1) is 13.2. The van der Waals surface area contributed by atoms with Crippen molar-refractivity contribution in [2.75, 3.05) is 0 Å². The Morgan fingerprint density at radius 1 is 1.44 bits per heavy atom. The second-order valence-corrected chi connectivity index (χ2v) is 5.39. The SMILES string of the molecule is CCC(Br)c1cn(Cc2ccc(F)cc2C)nn1. The minimum atomic E-state index is -0.206. The molecule has 0 aliphatic carbocycles. The van der Waals surface area contributed by atoms with Crippen LogP contribution >= 0.6 is 15.9 Å². The predicted molar refractivity (Wildman–Crippen MR) is 72.2 cm³/mol. The van der Waals surface area contributed by atoms with Crippen LogP contribution in [0.1, 0.15) is 35.0 Å². The first-order valence-corrected chi connectivity index (χ1v) is 6.81. The van der Waals surface area contributed by atoms with Gasteiger partial charge in [-0.25, -0.2) is 9.07 Å². The maximum absolute atomic E-state index is 13.0. The third-order valence-corrected chi connectivity index (χ3v) is 3.99. The summed E-state index contributed by atoms with van der Waals surface area (Å²) in [5.41, 5.74) is 2.91. The van der Waals surface area contributed by atoms with Crippen LogP contribution in [-0.4, -0.2) is 15.0 Å². The number of hydrogen-bond donors (Lipinski definition) is 0. The van der Waals surface area contributed by atoms with Gasteiger partial charge in [0.2, 0.25) is 0 Å². The molecular weight excluding hydrogens is 297 g/mol. The molecule has 2 rings (SSSR count). The van der Waals surface area contributed by atoms with Gasteiger partial charge in [0.25, 0.3) is 0 Å². The van der Waals surface area contributed by atoms with Crippen LogP contribution < -0.4 is 0 Å². The third kappa shape index (κ3) is 2.96. The van der Waals surface area contributed by atoms with E-state index in [4.69, 9.17) is 0 Å². The standard InChI is InChI=1S/C13H15BrFN3/c1-3-12(14)13-8-18(17-16-13)7-10-4-5-11(15)6-9(10)2/h4-6,8,12H,3,7H2,1-2H3. The van der Waals surface area contributed by atoms with Crippen LogP contribution in [0.4, 0.5) is 4.39 Å². The first-order chi connectivity index (χ1) is 8.60. The average molecular weight is 312 g/mol. The van der Waals surface area contributed by atoms with Crippen LogP contribution in [0, 0.1) is 12.7 Å². The van der Waals surface area contributed by atoms with Gasteiger partial charge in [-0.15, -0.1) is 5.10 Å². The minimum absolute atomic E-state index is 0.206. The summed E-state index contributed by atoms with van der Waals surface area (Å²) in [5.74, 6) is -0.206. The van der Waals surface area contributed by atoms with Crippen molar-refractivity contribution in [3.05, 3.63) is 47.0 Å². The van der Waals surface area contributed by atoms with Gasteiger partial charge in [0.05, 0.1) is 17.1 Å². The molecule has 5 heteroatoms. The Hall–Kier alpha value is -1.23. The van der Waals surface area contributed by atoms with Gasteiger partial charge in [-0.2, -0.15) is 0 Å². The summed E-state index contributed by atoms with van der Waals surface area (Å²) in [4.78, 5) is 0.237. The lowest BCUT2D eigenvalue weighted by Gasteiger charge is -2.05. The van der Waals surface area contributed by atoms with E-state index in [1.807, 2.05) is 13.1 Å². The molecular formula is C13H15BrFN3. The Kier molecular flexibility index (Phi) is 4.11. The van der Waals surface area contributed by atoms with Crippen molar-refractivity contribution >= 4 is 15.9 Å². The van der Waals surface area contributed by atoms with E-state index < -0.39 is 0 Å². The molecule has 96 valence electrons. The van der Waals surface area contributed by atoms with E-state index in [0.717, 1.165) is 23.2 Å². The van der Waals surface area contributed by atoms with Gasteiger partial charge in [-0.1, -0.05) is 34.1 Å². The normalized spacial score (nSPS) is 12.7. The zero-order valence-electron chi connectivity index (χ0n) is 10.4. The lowest BCUT2D eigenvalue weighted by atomic mass is 10.1. The molecule has 18 heavy (non-hydrogen) atoms. The average Bonchev–Trinajstić information content (AvgIpc) is 2.80. The van der Waals surface area contributed by atoms with E-state index >= 15 is 0 Å². The van der Waals surface area contributed by atoms with Crippen molar-refractivity contribution in [1.29, 1.82) is 0 Å². The largest absolute Gasteiger partial charge is 0.248 e. The van der Waals surface area contributed by atoms with Gasteiger partial charge < -0.3 is 0 Å². The number of aromatic nitrogens is 3. The van der Waals surface area contributed by atoms with Crippen molar-refractivity contribution in [3.8, 4) is 0 Å². The quantitative estimate of drug-likeness (QED) is 0.807.